The lowest BCUT2D eigenvalue weighted by molar-refractivity contribution is -0.140. The first-order valence-electron chi connectivity index (χ1n) is 13.0. The monoisotopic (exact) mass is 552 g/mol. The smallest absolute Gasteiger partial charge is 0.408 e. The summed E-state index contributed by atoms with van der Waals surface area (Å²) in [5, 5.41) is 16.4. The Morgan fingerprint density at radius 1 is 1.05 bits per heavy atom. The van der Waals surface area contributed by atoms with E-state index in [9.17, 15) is 24.3 Å². The van der Waals surface area contributed by atoms with Crippen LogP contribution in [0.15, 0.2) is 49.1 Å². The zero-order valence-corrected chi connectivity index (χ0v) is 24.0. The zero-order chi connectivity index (χ0) is 30.2. The van der Waals surface area contributed by atoms with Gasteiger partial charge in [0.2, 0.25) is 11.8 Å². The first kappa shape index (κ1) is 31.9. The molecule has 0 radical (unpaired) electrons. The van der Waals surface area contributed by atoms with Crippen LogP contribution < -0.4 is 16.4 Å². The molecular formula is C30H40N4O6. The number of nitrogens with zero attached hydrogens (tertiary/aromatic N) is 1. The first-order valence-corrected chi connectivity index (χ1v) is 13.0. The molecule has 2 rings (SSSR count). The lowest BCUT2D eigenvalue weighted by Gasteiger charge is -2.34. The van der Waals surface area contributed by atoms with E-state index < -0.39 is 41.5 Å². The van der Waals surface area contributed by atoms with Crippen LogP contribution in [-0.4, -0.2) is 52.0 Å². The highest BCUT2D eigenvalue weighted by Gasteiger charge is 2.37. The number of para-hydroxylation sites is 2. The SMILES string of the molecule is C=CCN(C(=O)C(CCC(N)=O)NC(=O)OC(C)(C)C)C(C(=O)Nc1c(C)cccc1C)c1cccc(C)c1O. The second-order valence-electron chi connectivity index (χ2n) is 10.7. The van der Waals surface area contributed by atoms with Gasteiger partial charge in [0.05, 0.1) is 0 Å². The molecule has 0 aliphatic rings. The third kappa shape index (κ3) is 8.59. The van der Waals surface area contributed by atoms with Crippen molar-refractivity contribution in [3.63, 3.8) is 0 Å². The van der Waals surface area contributed by atoms with Crippen LogP contribution in [0, 0.1) is 20.8 Å². The van der Waals surface area contributed by atoms with E-state index in [-0.39, 0.29) is 30.7 Å². The Bertz CT molecular complexity index is 1250. The van der Waals surface area contributed by atoms with Crippen molar-refractivity contribution >= 4 is 29.5 Å². The summed E-state index contributed by atoms with van der Waals surface area (Å²) in [6, 6.07) is 7.88. The minimum Gasteiger partial charge on any atom is -0.507 e. The molecule has 0 saturated heterocycles. The van der Waals surface area contributed by atoms with Crippen LogP contribution in [0.1, 0.15) is 61.9 Å². The van der Waals surface area contributed by atoms with Gasteiger partial charge in [-0.05, 0) is 64.7 Å². The van der Waals surface area contributed by atoms with E-state index in [1.807, 2.05) is 32.0 Å². The number of phenolic OH excluding ortho intramolecular Hbond substituents is 1. The van der Waals surface area contributed by atoms with Gasteiger partial charge in [0.15, 0.2) is 0 Å². The van der Waals surface area contributed by atoms with E-state index in [1.54, 1.807) is 45.9 Å². The van der Waals surface area contributed by atoms with Crippen LogP contribution in [0.3, 0.4) is 0 Å². The van der Waals surface area contributed by atoms with Crippen molar-refractivity contribution in [2.24, 2.45) is 5.73 Å². The average Bonchev–Trinajstić information content (AvgIpc) is 2.84. The number of ether oxygens (including phenoxy) is 1. The Kier molecular flexibility index (Phi) is 10.9. The van der Waals surface area contributed by atoms with Crippen molar-refractivity contribution < 1.29 is 29.0 Å². The fraction of sp³-hybridized carbons (Fsp3) is 0.400. The Balaban J connectivity index is 2.61. The van der Waals surface area contributed by atoms with Gasteiger partial charge in [-0.15, -0.1) is 6.58 Å². The van der Waals surface area contributed by atoms with Gasteiger partial charge in [-0.3, -0.25) is 14.4 Å². The third-order valence-corrected chi connectivity index (χ3v) is 6.13. The van der Waals surface area contributed by atoms with Crippen LogP contribution in [-0.2, 0) is 19.1 Å². The fourth-order valence-corrected chi connectivity index (χ4v) is 4.21. The maximum atomic E-state index is 14.0. The summed E-state index contributed by atoms with van der Waals surface area (Å²) in [6.07, 6.45) is 0.224. The maximum Gasteiger partial charge on any atom is 0.408 e. The number of aryl methyl sites for hydroxylation is 3. The molecule has 5 N–H and O–H groups in total. The number of benzene rings is 2. The topological polar surface area (TPSA) is 151 Å². The molecule has 2 unspecified atom stereocenters. The highest BCUT2D eigenvalue weighted by Crippen LogP contribution is 2.34. The standard InChI is InChI=1S/C30H40N4O6/c1-8-17-34(28(38)22(15-16-23(31)35)32-29(39)40-30(5,6)7)25(21-14-10-13-20(4)26(21)36)27(37)33-24-18(2)11-9-12-19(24)3/h8-14,22,25,36H,1,15-17H2,2-7H3,(H2,31,35)(H,32,39)(H,33,37). The second kappa shape index (κ2) is 13.6. The number of carbonyl (C=O) groups is 4. The van der Waals surface area contributed by atoms with E-state index >= 15 is 0 Å². The number of phenols is 1. The third-order valence-electron chi connectivity index (χ3n) is 6.13. The van der Waals surface area contributed by atoms with Gasteiger partial charge in [-0.2, -0.15) is 0 Å². The van der Waals surface area contributed by atoms with E-state index in [2.05, 4.69) is 17.2 Å². The predicted octanol–water partition coefficient (Wildman–Crippen LogP) is 4.17. The normalized spacial score (nSPS) is 12.6. The van der Waals surface area contributed by atoms with Crippen molar-refractivity contribution in [3.05, 3.63) is 71.3 Å². The first-order chi connectivity index (χ1) is 18.7. The van der Waals surface area contributed by atoms with E-state index in [0.717, 1.165) is 11.1 Å². The average molecular weight is 553 g/mol. The number of alkyl carbamates (subject to hydrolysis) is 1. The summed E-state index contributed by atoms with van der Waals surface area (Å²) >= 11 is 0. The van der Waals surface area contributed by atoms with Crippen LogP contribution in [0.2, 0.25) is 0 Å². The predicted molar refractivity (Wildman–Crippen MR) is 154 cm³/mol. The van der Waals surface area contributed by atoms with Crippen molar-refractivity contribution in [1.82, 2.24) is 10.2 Å². The van der Waals surface area contributed by atoms with Gasteiger partial charge in [0.1, 0.15) is 23.4 Å². The van der Waals surface area contributed by atoms with E-state index in [0.29, 0.717) is 11.3 Å². The number of nitrogens with two attached hydrogens (primary N) is 1. The molecule has 0 aliphatic heterocycles. The Morgan fingerprint density at radius 2 is 1.62 bits per heavy atom. The number of aromatic hydroxyl groups is 1. The number of hydrogen-bond acceptors (Lipinski definition) is 6. The minimum absolute atomic E-state index is 0.111. The molecule has 2 aromatic rings. The molecule has 40 heavy (non-hydrogen) atoms. The number of nitrogens with one attached hydrogen (secondary N) is 2. The molecule has 216 valence electrons. The molecule has 4 amide bonds. The van der Waals surface area contributed by atoms with Crippen molar-refractivity contribution in [2.45, 2.75) is 72.1 Å². The number of carbonyl (C=O) groups excluding carboxylic acids is 4. The van der Waals surface area contributed by atoms with Crippen LogP contribution in [0.25, 0.3) is 0 Å². The molecular weight excluding hydrogens is 512 g/mol. The largest absolute Gasteiger partial charge is 0.507 e. The summed E-state index contributed by atoms with van der Waals surface area (Å²) in [5.74, 6) is -2.09. The van der Waals surface area contributed by atoms with Crippen LogP contribution in [0.4, 0.5) is 10.5 Å². The highest BCUT2D eigenvalue weighted by molar-refractivity contribution is 6.00. The fourth-order valence-electron chi connectivity index (χ4n) is 4.21. The van der Waals surface area contributed by atoms with Gasteiger partial charge in [0.25, 0.3) is 5.91 Å². The van der Waals surface area contributed by atoms with Gasteiger partial charge < -0.3 is 31.1 Å². The van der Waals surface area contributed by atoms with Crippen LogP contribution >= 0.6 is 0 Å². The molecule has 0 aliphatic carbocycles. The van der Waals surface area contributed by atoms with Crippen molar-refractivity contribution in [3.8, 4) is 5.75 Å². The Labute approximate surface area is 235 Å². The number of rotatable bonds is 11. The Hall–Kier alpha value is -4.34. The van der Waals surface area contributed by atoms with Gasteiger partial charge in [-0.25, -0.2) is 4.79 Å². The highest BCUT2D eigenvalue weighted by atomic mass is 16.6. The second-order valence-corrected chi connectivity index (χ2v) is 10.7. The van der Waals surface area contributed by atoms with Gasteiger partial charge in [-0.1, -0.05) is 42.5 Å². The number of amides is 4. The zero-order valence-electron chi connectivity index (χ0n) is 24.0. The summed E-state index contributed by atoms with van der Waals surface area (Å²) in [4.78, 5) is 53.4. The molecule has 0 aromatic heterocycles. The lowest BCUT2D eigenvalue weighted by Crippen LogP contribution is -2.52. The molecule has 10 heteroatoms. The molecule has 0 fully saturated rings. The lowest BCUT2D eigenvalue weighted by atomic mass is 9.98. The summed E-state index contributed by atoms with van der Waals surface area (Å²) in [6.45, 7) is 14.0. The molecule has 0 spiro atoms. The van der Waals surface area contributed by atoms with E-state index in [1.165, 1.54) is 11.0 Å². The van der Waals surface area contributed by atoms with Gasteiger partial charge >= 0.3 is 6.09 Å². The molecule has 0 heterocycles. The maximum absolute atomic E-state index is 14.0. The summed E-state index contributed by atoms with van der Waals surface area (Å²) in [7, 11) is 0. The minimum atomic E-state index is -1.32. The quantitative estimate of drug-likeness (QED) is 0.307. The number of hydrogen-bond donors (Lipinski definition) is 4. The molecule has 2 aromatic carbocycles. The van der Waals surface area contributed by atoms with Crippen molar-refractivity contribution in [2.75, 3.05) is 11.9 Å². The van der Waals surface area contributed by atoms with Crippen LogP contribution in [0.5, 0.6) is 5.75 Å². The molecule has 0 saturated carbocycles. The number of primary amides is 1. The molecule has 0 bridgehead atoms. The van der Waals surface area contributed by atoms with E-state index in [4.69, 9.17) is 10.5 Å². The summed E-state index contributed by atoms with van der Waals surface area (Å²) < 4.78 is 5.32. The Morgan fingerprint density at radius 3 is 2.17 bits per heavy atom. The molecule has 10 nitrogen and oxygen atoms in total. The van der Waals surface area contributed by atoms with Crippen molar-refractivity contribution in [1.29, 1.82) is 0 Å². The summed E-state index contributed by atoms with van der Waals surface area (Å²) in [5.41, 5.74) is 7.39. The van der Waals surface area contributed by atoms with Gasteiger partial charge in [0, 0.05) is 24.2 Å². The number of anilines is 1. The molecule has 2 atom stereocenters.